The summed E-state index contributed by atoms with van der Waals surface area (Å²) < 4.78 is 5.76. The van der Waals surface area contributed by atoms with E-state index in [2.05, 4.69) is 9.84 Å². The summed E-state index contributed by atoms with van der Waals surface area (Å²) >= 11 is 0. The minimum atomic E-state index is -0.617. The molecule has 0 amide bonds. The van der Waals surface area contributed by atoms with Gasteiger partial charge in [-0.25, -0.2) is 4.79 Å². The third-order valence-corrected chi connectivity index (χ3v) is 1.12. The van der Waals surface area contributed by atoms with Gasteiger partial charge < -0.3 is 9.84 Å². The Labute approximate surface area is 63.2 Å². The number of aliphatic hydroxyl groups excluding tert-OH is 1. The molecule has 0 saturated carbocycles. The van der Waals surface area contributed by atoms with E-state index in [0.29, 0.717) is 0 Å². The Hall–Kier alpha value is -1.36. The third-order valence-electron chi connectivity index (χ3n) is 1.12. The van der Waals surface area contributed by atoms with E-state index in [1.54, 1.807) is 13.2 Å². The van der Waals surface area contributed by atoms with Crippen molar-refractivity contribution in [3.8, 4) is 0 Å². The molecule has 0 fully saturated rings. The molecule has 0 radical (unpaired) electrons. The van der Waals surface area contributed by atoms with Crippen molar-refractivity contribution in [1.29, 1.82) is 0 Å². The second-order valence-corrected chi connectivity index (χ2v) is 1.94. The van der Waals surface area contributed by atoms with Crippen LogP contribution in [-0.4, -0.2) is 27.6 Å². The van der Waals surface area contributed by atoms with Gasteiger partial charge in [-0.1, -0.05) is 0 Å². The van der Waals surface area contributed by atoms with Crippen molar-refractivity contribution >= 4 is 5.97 Å². The maximum absolute atomic E-state index is 10.8. The van der Waals surface area contributed by atoms with Crippen LogP contribution in [-0.2, 0) is 11.8 Å². The largest absolute Gasteiger partial charge is 0.434 e. The Morgan fingerprint density at radius 3 is 3.09 bits per heavy atom. The van der Waals surface area contributed by atoms with Crippen molar-refractivity contribution in [3.63, 3.8) is 0 Å². The highest BCUT2D eigenvalue weighted by molar-refractivity contribution is 5.86. The lowest BCUT2D eigenvalue weighted by Gasteiger charge is -1.94. The minimum absolute atomic E-state index is 0.196. The molecule has 0 aliphatic heterocycles. The molecule has 0 aliphatic rings. The fraction of sp³-hybridized carbons (Fsp3) is 0.333. The van der Waals surface area contributed by atoms with Crippen LogP contribution in [0.2, 0.25) is 0 Å². The maximum atomic E-state index is 10.8. The second-order valence-electron chi connectivity index (χ2n) is 1.94. The highest BCUT2D eigenvalue weighted by Gasteiger charge is 2.08. The van der Waals surface area contributed by atoms with Crippen molar-refractivity contribution in [2.45, 2.75) is 0 Å². The number of carbonyl (C=O) groups is 1. The average molecular weight is 156 g/mol. The predicted octanol–water partition coefficient (Wildman–Crippen LogP) is -0.473. The number of hydrogen-bond acceptors (Lipinski definition) is 4. The molecule has 1 rings (SSSR count). The van der Waals surface area contributed by atoms with E-state index in [1.165, 1.54) is 10.7 Å². The molecule has 1 aromatic rings. The monoisotopic (exact) mass is 156 g/mol. The molecule has 5 heteroatoms. The van der Waals surface area contributed by atoms with Gasteiger partial charge in [0, 0.05) is 13.2 Å². The summed E-state index contributed by atoms with van der Waals surface area (Å²) in [5.74, 6) is -0.617. The standard InChI is InChI=1S/C6H8N2O3/c1-8-3-2-5(7-8)6(10)11-4-9/h2-3,9H,4H2,1H3. The lowest BCUT2D eigenvalue weighted by atomic mass is 10.4. The summed E-state index contributed by atoms with van der Waals surface area (Å²) in [5, 5.41) is 12.0. The van der Waals surface area contributed by atoms with Gasteiger partial charge in [0.2, 0.25) is 0 Å². The Morgan fingerprint density at radius 1 is 1.91 bits per heavy atom. The van der Waals surface area contributed by atoms with Crippen LogP contribution < -0.4 is 0 Å². The first-order chi connectivity index (χ1) is 5.24. The summed E-state index contributed by atoms with van der Waals surface area (Å²) in [5.41, 5.74) is 0.196. The molecule has 0 spiro atoms. The zero-order valence-electron chi connectivity index (χ0n) is 6.02. The van der Waals surface area contributed by atoms with Crippen molar-refractivity contribution in [1.82, 2.24) is 9.78 Å². The van der Waals surface area contributed by atoms with Crippen LogP contribution in [0.4, 0.5) is 0 Å². The molecule has 0 unspecified atom stereocenters. The smallest absolute Gasteiger partial charge is 0.360 e. The Kier molecular flexibility index (Phi) is 2.22. The number of ether oxygens (including phenoxy) is 1. The number of aromatic nitrogens is 2. The molecule has 60 valence electrons. The number of esters is 1. The average Bonchev–Trinajstić information content (AvgIpc) is 2.36. The fourth-order valence-electron chi connectivity index (χ4n) is 0.657. The number of nitrogens with zero attached hydrogens (tertiary/aromatic N) is 2. The van der Waals surface area contributed by atoms with Gasteiger partial charge in [0.15, 0.2) is 12.5 Å². The van der Waals surface area contributed by atoms with Gasteiger partial charge in [-0.05, 0) is 6.07 Å². The van der Waals surface area contributed by atoms with Gasteiger partial charge in [0.05, 0.1) is 0 Å². The van der Waals surface area contributed by atoms with Gasteiger partial charge in [0.25, 0.3) is 0 Å². The van der Waals surface area contributed by atoms with Crippen molar-refractivity contribution in [2.24, 2.45) is 7.05 Å². The molecule has 1 heterocycles. The first-order valence-electron chi connectivity index (χ1n) is 3.01. The first kappa shape index (κ1) is 7.74. The molecule has 0 atom stereocenters. The highest BCUT2D eigenvalue weighted by Crippen LogP contribution is 1.95. The van der Waals surface area contributed by atoms with Gasteiger partial charge in [0.1, 0.15) is 0 Å². The number of aryl methyl sites for hydroxylation is 1. The zero-order chi connectivity index (χ0) is 8.27. The summed E-state index contributed by atoms with van der Waals surface area (Å²) in [7, 11) is 1.69. The van der Waals surface area contributed by atoms with E-state index in [1.807, 2.05) is 0 Å². The van der Waals surface area contributed by atoms with Crippen LogP contribution in [0.15, 0.2) is 12.3 Å². The highest BCUT2D eigenvalue weighted by atomic mass is 16.6. The van der Waals surface area contributed by atoms with Crippen molar-refractivity contribution < 1.29 is 14.6 Å². The molecule has 1 aromatic heterocycles. The van der Waals surface area contributed by atoms with Gasteiger partial charge in [-0.2, -0.15) is 5.10 Å². The Morgan fingerprint density at radius 2 is 2.64 bits per heavy atom. The van der Waals surface area contributed by atoms with Crippen LogP contribution in [0, 0.1) is 0 Å². The first-order valence-corrected chi connectivity index (χ1v) is 3.01. The van der Waals surface area contributed by atoms with Crippen LogP contribution in [0.5, 0.6) is 0 Å². The molecule has 5 nitrogen and oxygen atoms in total. The third kappa shape index (κ3) is 1.78. The number of rotatable bonds is 2. The van der Waals surface area contributed by atoms with Crippen LogP contribution in [0.1, 0.15) is 10.5 Å². The lowest BCUT2D eigenvalue weighted by Crippen LogP contribution is -2.07. The van der Waals surface area contributed by atoms with Crippen LogP contribution in [0.3, 0.4) is 0 Å². The quantitative estimate of drug-likeness (QED) is 0.464. The number of aliphatic hydroxyl groups is 1. The summed E-state index contributed by atoms with van der Waals surface area (Å²) in [6, 6.07) is 1.51. The van der Waals surface area contributed by atoms with Crippen LogP contribution >= 0.6 is 0 Å². The van der Waals surface area contributed by atoms with E-state index in [4.69, 9.17) is 5.11 Å². The summed E-state index contributed by atoms with van der Waals surface area (Å²) in [6.45, 7) is -0.616. The number of hydrogen-bond donors (Lipinski definition) is 1. The Balaban J connectivity index is 2.69. The molecule has 0 aliphatic carbocycles. The molecule has 0 aromatic carbocycles. The summed E-state index contributed by atoms with van der Waals surface area (Å²) in [4.78, 5) is 10.8. The van der Waals surface area contributed by atoms with E-state index in [0.717, 1.165) is 0 Å². The Bertz CT molecular complexity index is 256. The molecular weight excluding hydrogens is 148 g/mol. The van der Waals surface area contributed by atoms with E-state index in [9.17, 15) is 4.79 Å². The minimum Gasteiger partial charge on any atom is -0.434 e. The predicted molar refractivity (Wildman–Crippen MR) is 35.7 cm³/mol. The lowest BCUT2D eigenvalue weighted by molar-refractivity contribution is 0.00617. The van der Waals surface area contributed by atoms with Gasteiger partial charge in [-0.3, -0.25) is 4.68 Å². The second kappa shape index (κ2) is 3.16. The van der Waals surface area contributed by atoms with Crippen molar-refractivity contribution in [2.75, 3.05) is 6.79 Å². The zero-order valence-corrected chi connectivity index (χ0v) is 6.02. The van der Waals surface area contributed by atoms with Crippen LogP contribution in [0.25, 0.3) is 0 Å². The maximum Gasteiger partial charge on any atom is 0.360 e. The summed E-state index contributed by atoms with van der Waals surface area (Å²) in [6.07, 6.45) is 1.62. The normalized spacial score (nSPS) is 9.64. The molecule has 11 heavy (non-hydrogen) atoms. The topological polar surface area (TPSA) is 64.3 Å². The molecular formula is C6H8N2O3. The fourth-order valence-corrected chi connectivity index (χ4v) is 0.657. The molecule has 0 bridgehead atoms. The van der Waals surface area contributed by atoms with Gasteiger partial charge >= 0.3 is 5.97 Å². The van der Waals surface area contributed by atoms with Gasteiger partial charge in [-0.15, -0.1) is 0 Å². The van der Waals surface area contributed by atoms with E-state index >= 15 is 0 Å². The molecule has 1 N–H and O–H groups in total. The van der Waals surface area contributed by atoms with E-state index in [-0.39, 0.29) is 5.69 Å². The van der Waals surface area contributed by atoms with E-state index < -0.39 is 12.8 Å². The SMILES string of the molecule is Cn1ccc(C(=O)OCO)n1. The number of carbonyl (C=O) groups excluding carboxylic acids is 1. The molecule has 0 saturated heterocycles. The van der Waals surface area contributed by atoms with Crippen molar-refractivity contribution in [3.05, 3.63) is 18.0 Å².